The Bertz CT molecular complexity index is 676. The van der Waals surface area contributed by atoms with Crippen molar-refractivity contribution in [2.24, 2.45) is 0 Å². The minimum absolute atomic E-state index is 0.0712. The molecule has 0 aliphatic carbocycles. The number of nitrogens with two attached hydrogens (primary N) is 1. The second-order valence-electron chi connectivity index (χ2n) is 4.93. The molecule has 0 unspecified atom stereocenters. The normalized spacial score (nSPS) is 10.8. The van der Waals surface area contributed by atoms with Crippen LogP contribution in [0.15, 0.2) is 42.5 Å². The number of anilines is 1. The maximum Gasteiger partial charge on any atom is 0.254 e. The number of hydrogen-bond acceptors (Lipinski definition) is 2. The van der Waals surface area contributed by atoms with Gasteiger partial charge in [-0.15, -0.1) is 0 Å². The first-order valence-electron chi connectivity index (χ1n) is 6.52. The van der Waals surface area contributed by atoms with E-state index >= 15 is 0 Å². The first kappa shape index (κ1) is 15.1. The average Bonchev–Trinajstić information content (AvgIpc) is 2.46. The predicted molar refractivity (Wildman–Crippen MR) is 89.3 cm³/mol. The van der Waals surface area contributed by atoms with Gasteiger partial charge in [-0.1, -0.05) is 42.0 Å². The zero-order chi connectivity index (χ0) is 15.4. The summed E-state index contributed by atoms with van der Waals surface area (Å²) in [6.45, 7) is 0. The average molecular weight is 301 g/mol. The van der Waals surface area contributed by atoms with E-state index in [-0.39, 0.29) is 5.91 Å². The molecule has 3 nitrogen and oxygen atoms in total. The Labute approximate surface area is 129 Å². The summed E-state index contributed by atoms with van der Waals surface area (Å²) in [6.07, 6.45) is 3.84. The Morgan fingerprint density at radius 3 is 2.38 bits per heavy atom. The van der Waals surface area contributed by atoms with Crippen LogP contribution in [0.1, 0.15) is 21.5 Å². The number of carbonyl (C=O) groups excluding carboxylic acids is 1. The lowest BCUT2D eigenvalue weighted by atomic mass is 10.0. The fraction of sp³-hybridized carbons (Fsp3) is 0.118. The lowest BCUT2D eigenvalue weighted by Crippen LogP contribution is -2.22. The molecule has 0 spiro atoms. The highest BCUT2D eigenvalue weighted by Gasteiger charge is 2.12. The number of amides is 1. The van der Waals surface area contributed by atoms with Crippen molar-refractivity contribution >= 4 is 35.3 Å². The fourth-order valence-electron chi connectivity index (χ4n) is 1.91. The number of benzene rings is 2. The topological polar surface area (TPSA) is 46.3 Å². The van der Waals surface area contributed by atoms with Gasteiger partial charge in [0.25, 0.3) is 5.91 Å². The summed E-state index contributed by atoms with van der Waals surface area (Å²) >= 11 is 5.86. The minimum atomic E-state index is -0.0712. The molecule has 4 heteroatoms. The Morgan fingerprint density at radius 2 is 1.76 bits per heavy atom. The Hall–Kier alpha value is -2.26. The highest BCUT2D eigenvalue weighted by atomic mass is 35.5. The van der Waals surface area contributed by atoms with Gasteiger partial charge in [-0.25, -0.2) is 0 Å². The first-order valence-corrected chi connectivity index (χ1v) is 6.90. The summed E-state index contributed by atoms with van der Waals surface area (Å²) in [5, 5.41) is 0.697. The fourth-order valence-corrected chi connectivity index (χ4v) is 2.03. The van der Waals surface area contributed by atoms with E-state index < -0.39 is 0 Å². The number of rotatable bonds is 3. The van der Waals surface area contributed by atoms with Gasteiger partial charge in [0.1, 0.15) is 0 Å². The van der Waals surface area contributed by atoms with Gasteiger partial charge >= 0.3 is 0 Å². The van der Waals surface area contributed by atoms with Crippen LogP contribution in [0.2, 0.25) is 5.02 Å². The summed E-state index contributed by atoms with van der Waals surface area (Å²) in [5.41, 5.74) is 8.79. The third kappa shape index (κ3) is 3.86. The SMILES string of the molecule is CN(C)C(=O)c1cc(N)ccc1C=Cc1ccc(Cl)cc1. The van der Waals surface area contributed by atoms with Crippen LogP contribution < -0.4 is 5.73 Å². The quantitative estimate of drug-likeness (QED) is 0.692. The molecule has 0 aliphatic heterocycles. The maximum absolute atomic E-state index is 12.2. The van der Waals surface area contributed by atoms with Crippen molar-refractivity contribution in [3.8, 4) is 0 Å². The van der Waals surface area contributed by atoms with Gasteiger partial charge in [0.05, 0.1) is 0 Å². The van der Waals surface area contributed by atoms with E-state index in [9.17, 15) is 4.79 Å². The molecule has 2 rings (SSSR count). The van der Waals surface area contributed by atoms with Crippen molar-refractivity contribution < 1.29 is 4.79 Å². The van der Waals surface area contributed by atoms with Crippen LogP contribution in [-0.2, 0) is 0 Å². The van der Waals surface area contributed by atoms with Crippen molar-refractivity contribution in [1.82, 2.24) is 4.90 Å². The molecule has 0 saturated heterocycles. The molecular weight excluding hydrogens is 284 g/mol. The summed E-state index contributed by atoms with van der Waals surface area (Å²) < 4.78 is 0. The van der Waals surface area contributed by atoms with Crippen molar-refractivity contribution in [1.29, 1.82) is 0 Å². The lowest BCUT2D eigenvalue weighted by Gasteiger charge is -2.13. The van der Waals surface area contributed by atoms with Gasteiger partial charge in [-0.05, 0) is 35.4 Å². The molecule has 0 aliphatic rings. The van der Waals surface area contributed by atoms with E-state index in [1.165, 1.54) is 4.90 Å². The molecule has 0 bridgehead atoms. The van der Waals surface area contributed by atoms with Gasteiger partial charge in [-0.3, -0.25) is 4.79 Å². The van der Waals surface area contributed by atoms with E-state index in [1.54, 1.807) is 26.2 Å². The van der Waals surface area contributed by atoms with Gasteiger partial charge in [0, 0.05) is 30.4 Å². The third-order valence-corrected chi connectivity index (χ3v) is 3.29. The van der Waals surface area contributed by atoms with Gasteiger partial charge < -0.3 is 10.6 Å². The van der Waals surface area contributed by atoms with Crippen molar-refractivity contribution in [3.63, 3.8) is 0 Å². The van der Waals surface area contributed by atoms with Crippen LogP contribution in [0.5, 0.6) is 0 Å². The van der Waals surface area contributed by atoms with Crippen LogP contribution in [0.25, 0.3) is 12.2 Å². The van der Waals surface area contributed by atoms with E-state index in [2.05, 4.69) is 0 Å². The molecule has 0 fully saturated rings. The summed E-state index contributed by atoms with van der Waals surface area (Å²) in [4.78, 5) is 13.7. The number of hydrogen-bond donors (Lipinski definition) is 1. The van der Waals surface area contributed by atoms with Gasteiger partial charge in [-0.2, -0.15) is 0 Å². The largest absolute Gasteiger partial charge is 0.399 e. The zero-order valence-electron chi connectivity index (χ0n) is 12.0. The molecule has 1 amide bonds. The first-order chi connectivity index (χ1) is 9.97. The molecule has 0 radical (unpaired) electrons. The second kappa shape index (κ2) is 6.46. The highest BCUT2D eigenvalue weighted by Crippen LogP contribution is 2.19. The van der Waals surface area contributed by atoms with Crippen molar-refractivity contribution in [3.05, 3.63) is 64.2 Å². The van der Waals surface area contributed by atoms with Crippen molar-refractivity contribution in [2.75, 3.05) is 19.8 Å². The molecule has 0 atom stereocenters. The molecule has 21 heavy (non-hydrogen) atoms. The highest BCUT2D eigenvalue weighted by molar-refractivity contribution is 6.30. The van der Waals surface area contributed by atoms with Crippen LogP contribution >= 0.6 is 11.6 Å². The third-order valence-electron chi connectivity index (χ3n) is 3.04. The number of carbonyl (C=O) groups is 1. The number of nitrogens with zero attached hydrogens (tertiary/aromatic N) is 1. The minimum Gasteiger partial charge on any atom is -0.399 e. The van der Waals surface area contributed by atoms with Crippen LogP contribution in [0, 0.1) is 0 Å². The Kier molecular flexibility index (Phi) is 4.66. The summed E-state index contributed by atoms with van der Waals surface area (Å²) in [5.74, 6) is -0.0712. The Morgan fingerprint density at radius 1 is 1.10 bits per heavy atom. The Balaban J connectivity index is 2.35. The van der Waals surface area contributed by atoms with Crippen molar-refractivity contribution in [2.45, 2.75) is 0 Å². The number of nitrogen functional groups attached to an aromatic ring is 1. The molecule has 2 N–H and O–H groups in total. The van der Waals surface area contributed by atoms with Crippen LogP contribution in [0.4, 0.5) is 5.69 Å². The maximum atomic E-state index is 12.2. The van der Waals surface area contributed by atoms with E-state index in [1.807, 2.05) is 42.5 Å². The second-order valence-corrected chi connectivity index (χ2v) is 5.37. The predicted octanol–water partition coefficient (Wildman–Crippen LogP) is 3.79. The molecule has 2 aromatic carbocycles. The molecule has 0 aromatic heterocycles. The smallest absolute Gasteiger partial charge is 0.254 e. The van der Waals surface area contributed by atoms with Gasteiger partial charge in [0.15, 0.2) is 0 Å². The van der Waals surface area contributed by atoms with Gasteiger partial charge in [0.2, 0.25) is 0 Å². The van der Waals surface area contributed by atoms with Crippen LogP contribution in [0.3, 0.4) is 0 Å². The lowest BCUT2D eigenvalue weighted by molar-refractivity contribution is 0.0827. The van der Waals surface area contributed by atoms with E-state index in [4.69, 9.17) is 17.3 Å². The summed E-state index contributed by atoms with van der Waals surface area (Å²) in [6, 6.07) is 12.8. The molecule has 108 valence electrons. The molecular formula is C17H17ClN2O. The van der Waals surface area contributed by atoms with Crippen LogP contribution in [-0.4, -0.2) is 24.9 Å². The summed E-state index contributed by atoms with van der Waals surface area (Å²) in [7, 11) is 3.44. The zero-order valence-corrected chi connectivity index (χ0v) is 12.8. The molecule has 0 saturated carbocycles. The number of halogens is 1. The monoisotopic (exact) mass is 300 g/mol. The van der Waals surface area contributed by atoms with E-state index in [0.717, 1.165) is 11.1 Å². The van der Waals surface area contributed by atoms with E-state index in [0.29, 0.717) is 16.3 Å². The molecule has 2 aromatic rings. The standard InChI is InChI=1S/C17H17ClN2O/c1-20(2)17(21)16-11-15(19)10-7-13(16)6-3-12-4-8-14(18)9-5-12/h3-11H,19H2,1-2H3. The molecule has 0 heterocycles.